The van der Waals surface area contributed by atoms with Crippen molar-refractivity contribution in [2.75, 3.05) is 33.0 Å². The highest BCUT2D eigenvalue weighted by Gasteiger charge is 2.47. The molecule has 0 aromatic rings. The third-order valence-corrected chi connectivity index (χ3v) is 12.4. The molecule has 14 heteroatoms. The zero-order chi connectivity index (χ0) is 48.0. The van der Waals surface area contributed by atoms with E-state index in [1.165, 1.54) is 103 Å². The smallest absolute Gasteiger partial charge is 0.306 e. The first-order valence-electron chi connectivity index (χ1n) is 26.1. The van der Waals surface area contributed by atoms with Gasteiger partial charge >= 0.3 is 5.97 Å². The van der Waals surface area contributed by atoms with Crippen LogP contribution in [0.2, 0.25) is 0 Å². The summed E-state index contributed by atoms with van der Waals surface area (Å²) in [5.74, 6) is -0.383. The molecule has 2 aliphatic rings. The van der Waals surface area contributed by atoms with E-state index < -0.39 is 80.7 Å². The van der Waals surface area contributed by atoms with E-state index in [2.05, 4.69) is 50.3 Å². The molecular formula is C52H94O14. The summed E-state index contributed by atoms with van der Waals surface area (Å²) in [6, 6.07) is 0. The Morgan fingerprint density at radius 1 is 0.500 bits per heavy atom. The quantitative estimate of drug-likeness (QED) is 0.0177. The number of unbranched alkanes of at least 4 members (excludes halogenated alkanes) is 21. The molecular weight excluding hydrogens is 849 g/mol. The van der Waals surface area contributed by atoms with Crippen molar-refractivity contribution in [2.24, 2.45) is 0 Å². The van der Waals surface area contributed by atoms with Crippen LogP contribution in [0.1, 0.15) is 187 Å². The van der Waals surface area contributed by atoms with E-state index in [1.807, 2.05) is 0 Å². The van der Waals surface area contributed by atoms with Crippen molar-refractivity contribution >= 4 is 5.97 Å². The van der Waals surface area contributed by atoms with Gasteiger partial charge in [0.1, 0.15) is 54.9 Å². The van der Waals surface area contributed by atoms with Crippen LogP contribution in [0.25, 0.3) is 0 Å². The number of ether oxygens (including phenoxy) is 6. The number of rotatable bonds is 41. The van der Waals surface area contributed by atoms with Gasteiger partial charge in [0.15, 0.2) is 12.6 Å². The Hall–Kier alpha value is -1.79. The average molecular weight is 943 g/mol. The minimum atomic E-state index is -1.71. The van der Waals surface area contributed by atoms with Crippen LogP contribution in [0.4, 0.5) is 0 Å². The molecule has 0 bridgehead atoms. The fourth-order valence-electron chi connectivity index (χ4n) is 8.07. The van der Waals surface area contributed by atoms with Gasteiger partial charge in [-0.25, -0.2) is 0 Å². The molecule has 0 aromatic carbocycles. The predicted octanol–water partition coefficient (Wildman–Crippen LogP) is 7.80. The summed E-state index contributed by atoms with van der Waals surface area (Å²) in [5.41, 5.74) is 0. The molecule has 2 aliphatic heterocycles. The Labute approximate surface area is 398 Å². The van der Waals surface area contributed by atoms with E-state index in [4.69, 9.17) is 28.4 Å². The number of hydrogen-bond donors (Lipinski definition) is 7. The highest BCUT2D eigenvalue weighted by molar-refractivity contribution is 5.69. The van der Waals surface area contributed by atoms with Crippen LogP contribution in [0, 0.1) is 0 Å². The van der Waals surface area contributed by atoms with E-state index in [0.717, 1.165) is 57.8 Å². The fourth-order valence-corrected chi connectivity index (χ4v) is 8.07. The first kappa shape index (κ1) is 60.3. The van der Waals surface area contributed by atoms with Crippen molar-refractivity contribution in [3.63, 3.8) is 0 Å². The van der Waals surface area contributed by atoms with Crippen molar-refractivity contribution < 1.29 is 69.0 Å². The Morgan fingerprint density at radius 2 is 0.939 bits per heavy atom. The summed E-state index contributed by atoms with van der Waals surface area (Å²) in [5, 5.41) is 72.1. The predicted molar refractivity (Wildman–Crippen MR) is 256 cm³/mol. The molecule has 0 aromatic heterocycles. The molecule has 0 radical (unpaired) electrons. The molecule has 11 unspecified atom stereocenters. The van der Waals surface area contributed by atoms with Gasteiger partial charge < -0.3 is 64.2 Å². The Kier molecular flexibility index (Phi) is 36.6. The molecule has 0 spiro atoms. The van der Waals surface area contributed by atoms with E-state index in [0.29, 0.717) is 13.0 Å². The lowest BCUT2D eigenvalue weighted by Crippen LogP contribution is -2.61. The van der Waals surface area contributed by atoms with Crippen molar-refractivity contribution in [1.82, 2.24) is 0 Å². The Balaban J connectivity index is 1.76. The molecule has 2 saturated heterocycles. The molecule has 2 fully saturated rings. The zero-order valence-electron chi connectivity index (χ0n) is 40.9. The highest BCUT2D eigenvalue weighted by Crippen LogP contribution is 2.26. The average Bonchev–Trinajstić information content (AvgIpc) is 3.31. The number of aliphatic hydroxyl groups is 7. The fraction of sp³-hybridized carbons (Fsp3) is 0.865. The summed E-state index contributed by atoms with van der Waals surface area (Å²) in [6.07, 6.45) is 27.7. The summed E-state index contributed by atoms with van der Waals surface area (Å²) in [7, 11) is 0. The van der Waals surface area contributed by atoms with Crippen LogP contribution in [0.3, 0.4) is 0 Å². The number of aliphatic hydroxyl groups excluding tert-OH is 7. The van der Waals surface area contributed by atoms with Gasteiger partial charge in [-0.05, 0) is 70.6 Å². The largest absolute Gasteiger partial charge is 0.457 e. The highest BCUT2D eigenvalue weighted by atomic mass is 16.7. The van der Waals surface area contributed by atoms with Gasteiger partial charge in [-0.3, -0.25) is 4.79 Å². The number of carbonyl (C=O) groups excluding carboxylic acids is 1. The molecule has 11 atom stereocenters. The van der Waals surface area contributed by atoms with E-state index in [9.17, 15) is 40.5 Å². The molecule has 0 saturated carbocycles. The molecule has 0 aliphatic carbocycles. The van der Waals surface area contributed by atoms with Crippen molar-refractivity contribution in [2.45, 2.75) is 255 Å². The maximum atomic E-state index is 13.0. The lowest BCUT2D eigenvalue weighted by atomic mass is 9.98. The van der Waals surface area contributed by atoms with Gasteiger partial charge in [0.05, 0.1) is 26.4 Å². The summed E-state index contributed by atoms with van der Waals surface area (Å²) in [6.45, 7) is 3.63. The van der Waals surface area contributed by atoms with Gasteiger partial charge in [-0.15, -0.1) is 0 Å². The summed E-state index contributed by atoms with van der Waals surface area (Å²) < 4.78 is 34.3. The van der Waals surface area contributed by atoms with E-state index in [-0.39, 0.29) is 25.6 Å². The molecule has 0 amide bonds. The second-order valence-electron chi connectivity index (χ2n) is 18.3. The second kappa shape index (κ2) is 40.0. The van der Waals surface area contributed by atoms with Gasteiger partial charge in [-0.1, -0.05) is 147 Å². The van der Waals surface area contributed by atoms with Gasteiger partial charge in [0.25, 0.3) is 0 Å². The molecule has 2 rings (SSSR count). The summed E-state index contributed by atoms with van der Waals surface area (Å²) in [4.78, 5) is 13.0. The first-order valence-corrected chi connectivity index (χ1v) is 26.1. The Bertz CT molecular complexity index is 1230. The lowest BCUT2D eigenvalue weighted by Gasteiger charge is -2.42. The first-order chi connectivity index (χ1) is 32.1. The third kappa shape index (κ3) is 27.4. The van der Waals surface area contributed by atoms with Crippen LogP contribution < -0.4 is 0 Å². The van der Waals surface area contributed by atoms with Crippen LogP contribution in [-0.2, 0) is 33.2 Å². The molecule has 14 nitrogen and oxygen atoms in total. The third-order valence-electron chi connectivity index (χ3n) is 12.4. The monoisotopic (exact) mass is 943 g/mol. The number of carbonyl (C=O) groups is 1. The standard InChI is InChI=1S/C52H94O14/c1-3-5-7-9-11-13-15-17-18-19-20-21-22-23-25-27-29-31-33-35-44(54)64-41(38-61-36-34-32-30-28-26-24-16-14-12-10-8-6-4-2)39-62-51-50(60)48(58)46(56)43(66-51)40-63-52-49(59)47(57)45(55)42(37-53)65-52/h11-14,17-18,41-43,45-53,55-60H,3-10,15-16,19-40H2,1-2H3/b13-11-,14-12-,18-17-. The number of allylic oxidation sites excluding steroid dienone is 6. The summed E-state index contributed by atoms with van der Waals surface area (Å²) >= 11 is 0. The maximum absolute atomic E-state index is 13.0. The molecule has 7 N–H and O–H groups in total. The van der Waals surface area contributed by atoms with Crippen LogP contribution >= 0.6 is 0 Å². The number of esters is 1. The SMILES string of the molecule is CCCCC/C=C\C/C=C\CCCCCCCCCCCC(=O)OC(COCCCCCCCC/C=C\CCCCC)COC1OC(COC2OC(CO)C(O)C(O)C2O)C(O)C(O)C1O. The van der Waals surface area contributed by atoms with Crippen molar-refractivity contribution in [1.29, 1.82) is 0 Å². The van der Waals surface area contributed by atoms with E-state index >= 15 is 0 Å². The van der Waals surface area contributed by atoms with Crippen molar-refractivity contribution in [3.8, 4) is 0 Å². The molecule has 2 heterocycles. The number of hydrogen-bond acceptors (Lipinski definition) is 14. The van der Waals surface area contributed by atoms with Crippen LogP contribution in [0.5, 0.6) is 0 Å². The zero-order valence-corrected chi connectivity index (χ0v) is 40.9. The minimum Gasteiger partial charge on any atom is -0.457 e. The van der Waals surface area contributed by atoms with E-state index in [1.54, 1.807) is 0 Å². The molecule has 386 valence electrons. The van der Waals surface area contributed by atoms with Crippen LogP contribution in [-0.4, -0.2) is 142 Å². The van der Waals surface area contributed by atoms with Gasteiger partial charge in [0.2, 0.25) is 0 Å². The van der Waals surface area contributed by atoms with Crippen LogP contribution in [0.15, 0.2) is 36.5 Å². The topological polar surface area (TPSA) is 214 Å². The van der Waals surface area contributed by atoms with Gasteiger partial charge in [0, 0.05) is 13.0 Å². The van der Waals surface area contributed by atoms with Crippen molar-refractivity contribution in [3.05, 3.63) is 36.5 Å². The second-order valence-corrected chi connectivity index (χ2v) is 18.3. The lowest BCUT2D eigenvalue weighted by molar-refractivity contribution is -0.332. The normalized spacial score (nSPS) is 26.6. The maximum Gasteiger partial charge on any atom is 0.306 e. The molecule has 66 heavy (non-hydrogen) atoms. The Morgan fingerprint density at radius 3 is 1.47 bits per heavy atom. The minimum absolute atomic E-state index is 0.0563. The van der Waals surface area contributed by atoms with Gasteiger partial charge in [-0.2, -0.15) is 0 Å².